The molecule has 0 radical (unpaired) electrons. The Hall–Kier alpha value is -7.36. The Kier molecular flexibility index (Phi) is 7.17. The second kappa shape index (κ2) is 12.6. The summed E-state index contributed by atoms with van der Waals surface area (Å²) in [6, 6.07) is 74.0. The van der Waals surface area contributed by atoms with Crippen LogP contribution < -0.4 is 4.90 Å². The number of benzene rings is 9. The third kappa shape index (κ3) is 5.13. The van der Waals surface area contributed by atoms with Gasteiger partial charge in [0.2, 0.25) is 0 Å². The lowest BCUT2D eigenvalue weighted by atomic mass is 9.95. The van der Waals surface area contributed by atoms with E-state index in [4.69, 9.17) is 4.42 Å². The van der Waals surface area contributed by atoms with Gasteiger partial charge in [0.25, 0.3) is 0 Å². The Labute approximate surface area is 318 Å². The van der Waals surface area contributed by atoms with Crippen LogP contribution >= 0.6 is 0 Å². The van der Waals surface area contributed by atoms with E-state index in [1.807, 2.05) is 12.1 Å². The number of hydrogen-bond acceptors (Lipinski definition) is 2. The minimum Gasteiger partial charge on any atom is -0.456 e. The van der Waals surface area contributed by atoms with E-state index in [2.05, 4.69) is 204 Å². The van der Waals surface area contributed by atoms with E-state index in [1.165, 1.54) is 49.3 Å². The van der Waals surface area contributed by atoms with E-state index in [9.17, 15) is 0 Å². The highest BCUT2D eigenvalue weighted by molar-refractivity contribution is 6.11. The van der Waals surface area contributed by atoms with E-state index in [-0.39, 0.29) is 0 Å². The summed E-state index contributed by atoms with van der Waals surface area (Å²) in [7, 11) is 0. The van der Waals surface area contributed by atoms with Crippen LogP contribution in [0.2, 0.25) is 0 Å². The number of aromatic nitrogens is 1. The predicted octanol–water partition coefficient (Wildman–Crippen LogP) is 14.6. The smallest absolute Gasteiger partial charge is 0.135 e. The maximum Gasteiger partial charge on any atom is 0.135 e. The van der Waals surface area contributed by atoms with Gasteiger partial charge in [-0.2, -0.15) is 0 Å². The zero-order valence-corrected chi connectivity index (χ0v) is 29.9. The molecule has 258 valence electrons. The van der Waals surface area contributed by atoms with Gasteiger partial charge in [-0.15, -0.1) is 0 Å². The number of para-hydroxylation sites is 3. The van der Waals surface area contributed by atoms with Crippen LogP contribution in [-0.4, -0.2) is 4.57 Å². The fraction of sp³-hybridized carbons (Fsp3) is 0. The summed E-state index contributed by atoms with van der Waals surface area (Å²) in [4.78, 5) is 2.34. The van der Waals surface area contributed by atoms with Crippen molar-refractivity contribution in [1.29, 1.82) is 0 Å². The van der Waals surface area contributed by atoms with Crippen molar-refractivity contribution >= 4 is 71.6 Å². The van der Waals surface area contributed by atoms with Crippen molar-refractivity contribution in [2.45, 2.75) is 0 Å². The Morgan fingerprint density at radius 1 is 0.345 bits per heavy atom. The zero-order valence-electron chi connectivity index (χ0n) is 29.9. The van der Waals surface area contributed by atoms with E-state index in [0.29, 0.717) is 0 Å². The normalized spacial score (nSPS) is 11.6. The van der Waals surface area contributed by atoms with E-state index >= 15 is 0 Å². The first-order valence-electron chi connectivity index (χ1n) is 18.8. The van der Waals surface area contributed by atoms with Crippen LogP contribution in [0.15, 0.2) is 211 Å². The lowest BCUT2D eigenvalue weighted by Gasteiger charge is -2.26. The van der Waals surface area contributed by atoms with E-state index < -0.39 is 0 Å². The summed E-state index contributed by atoms with van der Waals surface area (Å²) in [5, 5.41) is 7.16. The molecule has 55 heavy (non-hydrogen) atoms. The molecule has 3 heteroatoms. The molecule has 0 unspecified atom stereocenters. The van der Waals surface area contributed by atoms with E-state index in [1.54, 1.807) is 0 Å². The average molecular weight is 703 g/mol. The molecule has 0 aliphatic rings. The quantitative estimate of drug-likeness (QED) is 0.172. The van der Waals surface area contributed by atoms with Crippen molar-refractivity contribution in [2.75, 3.05) is 4.90 Å². The highest BCUT2D eigenvalue weighted by Gasteiger charge is 2.20. The van der Waals surface area contributed by atoms with Crippen molar-refractivity contribution in [1.82, 2.24) is 4.57 Å². The van der Waals surface area contributed by atoms with Gasteiger partial charge in [0.05, 0.1) is 16.7 Å². The van der Waals surface area contributed by atoms with Gasteiger partial charge in [0.15, 0.2) is 0 Å². The van der Waals surface area contributed by atoms with Crippen LogP contribution in [-0.2, 0) is 0 Å². The largest absolute Gasteiger partial charge is 0.456 e. The number of furan rings is 1. The topological polar surface area (TPSA) is 21.3 Å². The number of fused-ring (bicyclic) bond motifs is 7. The fourth-order valence-electron chi connectivity index (χ4n) is 8.44. The highest BCUT2D eigenvalue weighted by atomic mass is 16.3. The third-order valence-corrected chi connectivity index (χ3v) is 11.0. The zero-order chi connectivity index (χ0) is 36.3. The van der Waals surface area contributed by atoms with Gasteiger partial charge in [0, 0.05) is 44.2 Å². The van der Waals surface area contributed by atoms with Gasteiger partial charge in [-0.25, -0.2) is 0 Å². The van der Waals surface area contributed by atoms with Gasteiger partial charge in [0.1, 0.15) is 11.2 Å². The molecule has 2 heterocycles. The van der Waals surface area contributed by atoms with Crippen LogP contribution in [0.1, 0.15) is 0 Å². The molecule has 0 fully saturated rings. The van der Waals surface area contributed by atoms with E-state index in [0.717, 1.165) is 50.3 Å². The number of anilines is 3. The molecule has 11 rings (SSSR count). The summed E-state index contributed by atoms with van der Waals surface area (Å²) in [5.41, 5.74) is 13.3. The molecule has 0 aliphatic heterocycles. The molecule has 0 saturated heterocycles. The summed E-state index contributed by atoms with van der Waals surface area (Å²) in [6.07, 6.45) is 0. The maximum atomic E-state index is 6.24. The highest BCUT2D eigenvalue weighted by Crippen LogP contribution is 2.43. The summed E-state index contributed by atoms with van der Waals surface area (Å²) < 4.78 is 8.67. The molecular formula is C52H34N2O. The molecule has 2 aromatic heterocycles. The van der Waals surface area contributed by atoms with Crippen molar-refractivity contribution < 1.29 is 4.42 Å². The second-order valence-corrected chi connectivity index (χ2v) is 14.1. The first-order chi connectivity index (χ1) is 27.3. The molecule has 0 aliphatic carbocycles. The Bertz CT molecular complexity index is 3140. The Balaban J connectivity index is 1.09. The predicted molar refractivity (Wildman–Crippen MR) is 231 cm³/mol. The third-order valence-electron chi connectivity index (χ3n) is 11.0. The Morgan fingerprint density at radius 3 is 1.58 bits per heavy atom. The first kappa shape index (κ1) is 31.2. The number of nitrogens with zero attached hydrogens (tertiary/aromatic N) is 2. The lowest BCUT2D eigenvalue weighted by molar-refractivity contribution is 0.669. The van der Waals surface area contributed by atoms with Crippen LogP contribution in [0.25, 0.3) is 82.5 Å². The van der Waals surface area contributed by atoms with Crippen LogP contribution in [0.3, 0.4) is 0 Å². The van der Waals surface area contributed by atoms with Crippen LogP contribution in [0.4, 0.5) is 17.1 Å². The fourth-order valence-corrected chi connectivity index (χ4v) is 8.44. The molecule has 0 N–H and O–H groups in total. The molecule has 9 aromatic carbocycles. The number of hydrogen-bond donors (Lipinski definition) is 0. The molecule has 11 aromatic rings. The number of rotatable bonds is 6. The second-order valence-electron chi connectivity index (χ2n) is 14.1. The van der Waals surface area contributed by atoms with Crippen molar-refractivity contribution in [3.05, 3.63) is 206 Å². The standard InChI is InChI=1S/C52H34N2O/c1-2-12-35(13-3-1)36-22-27-39(28-23-36)53(41-31-33-51-46(34-41)45-18-8-11-21-50(45)55-51)40-29-24-38(25-30-40)52-42-15-5-4-14-37(42)26-32-49(52)54-47-19-9-6-16-43(47)44-17-7-10-20-48(44)54/h1-34H. The summed E-state index contributed by atoms with van der Waals surface area (Å²) in [6.45, 7) is 0. The molecule has 0 bridgehead atoms. The van der Waals surface area contributed by atoms with Gasteiger partial charge in [-0.05, 0) is 94.2 Å². The minimum atomic E-state index is 0.883. The average Bonchev–Trinajstić information content (AvgIpc) is 3.80. The molecular weight excluding hydrogens is 669 g/mol. The monoisotopic (exact) mass is 702 g/mol. The van der Waals surface area contributed by atoms with Gasteiger partial charge in [-0.1, -0.05) is 140 Å². The van der Waals surface area contributed by atoms with Gasteiger partial charge < -0.3 is 13.9 Å². The molecule has 0 saturated carbocycles. The van der Waals surface area contributed by atoms with Crippen LogP contribution in [0, 0.1) is 0 Å². The minimum absolute atomic E-state index is 0.883. The van der Waals surface area contributed by atoms with Crippen molar-refractivity contribution in [3.63, 3.8) is 0 Å². The molecule has 0 atom stereocenters. The molecule has 0 amide bonds. The van der Waals surface area contributed by atoms with Crippen LogP contribution in [0.5, 0.6) is 0 Å². The van der Waals surface area contributed by atoms with Crippen molar-refractivity contribution in [3.8, 4) is 27.9 Å². The van der Waals surface area contributed by atoms with Gasteiger partial charge >= 0.3 is 0 Å². The summed E-state index contributed by atoms with van der Waals surface area (Å²) in [5.74, 6) is 0. The lowest BCUT2D eigenvalue weighted by Crippen LogP contribution is -2.09. The SMILES string of the molecule is c1ccc(-c2ccc(N(c3ccc(-c4c(-n5c6ccccc6c6ccccc65)ccc5ccccc45)cc3)c3ccc4oc5ccccc5c4c3)cc2)cc1. The maximum absolute atomic E-state index is 6.24. The molecule has 3 nitrogen and oxygen atoms in total. The Morgan fingerprint density at radius 2 is 0.873 bits per heavy atom. The first-order valence-corrected chi connectivity index (χ1v) is 18.8. The summed E-state index contributed by atoms with van der Waals surface area (Å²) >= 11 is 0. The van der Waals surface area contributed by atoms with Crippen molar-refractivity contribution in [2.24, 2.45) is 0 Å². The van der Waals surface area contributed by atoms with Gasteiger partial charge in [-0.3, -0.25) is 0 Å². The molecule has 0 spiro atoms.